The fourth-order valence-electron chi connectivity index (χ4n) is 1.44. The molecule has 0 fully saturated rings. The number of anilines is 2. The number of nitrogens with zero attached hydrogens (tertiary/aromatic N) is 2. The van der Waals surface area contributed by atoms with Crippen molar-refractivity contribution < 1.29 is 0 Å². The molecule has 1 heterocycles. The van der Waals surface area contributed by atoms with Gasteiger partial charge in [-0.3, -0.25) is 0 Å². The van der Waals surface area contributed by atoms with Crippen LogP contribution in [0, 0.1) is 0 Å². The van der Waals surface area contributed by atoms with Gasteiger partial charge in [0.25, 0.3) is 0 Å². The van der Waals surface area contributed by atoms with Crippen molar-refractivity contribution in [1.29, 1.82) is 0 Å². The molecule has 18 heavy (non-hydrogen) atoms. The molecule has 0 bridgehead atoms. The van der Waals surface area contributed by atoms with Gasteiger partial charge in [0, 0.05) is 13.1 Å². The van der Waals surface area contributed by atoms with E-state index in [2.05, 4.69) is 49.7 Å². The first-order chi connectivity index (χ1) is 8.79. The van der Waals surface area contributed by atoms with E-state index in [0.29, 0.717) is 0 Å². The first-order valence-electron chi connectivity index (χ1n) is 6.26. The second-order valence-electron chi connectivity index (χ2n) is 3.94. The lowest BCUT2D eigenvalue weighted by atomic mass is 10.3. The minimum absolute atomic E-state index is 0.860. The molecule has 0 aliphatic rings. The summed E-state index contributed by atoms with van der Waals surface area (Å²) in [5, 5.41) is 6.61. The van der Waals surface area contributed by atoms with Gasteiger partial charge in [-0.2, -0.15) is 11.8 Å². The molecule has 0 spiro atoms. The summed E-state index contributed by atoms with van der Waals surface area (Å²) in [5.41, 5.74) is 0. The van der Waals surface area contributed by atoms with Crippen molar-refractivity contribution in [3.05, 3.63) is 10.8 Å². The maximum Gasteiger partial charge on any atom is 0.145 e. The summed E-state index contributed by atoms with van der Waals surface area (Å²) in [6.45, 7) is 4.00. The Morgan fingerprint density at radius 2 is 1.83 bits per heavy atom. The van der Waals surface area contributed by atoms with Crippen LogP contribution in [0.2, 0.25) is 0 Å². The first kappa shape index (κ1) is 15.6. The van der Waals surface area contributed by atoms with Crippen LogP contribution in [0.25, 0.3) is 0 Å². The van der Waals surface area contributed by atoms with Gasteiger partial charge < -0.3 is 10.6 Å². The molecular weight excluding hydrogens is 312 g/mol. The average Bonchev–Trinajstić information content (AvgIpc) is 2.39. The van der Waals surface area contributed by atoms with Crippen LogP contribution < -0.4 is 10.6 Å². The van der Waals surface area contributed by atoms with Crippen molar-refractivity contribution >= 4 is 39.3 Å². The lowest BCUT2D eigenvalue weighted by Crippen LogP contribution is -2.08. The van der Waals surface area contributed by atoms with E-state index in [9.17, 15) is 0 Å². The van der Waals surface area contributed by atoms with Gasteiger partial charge in [-0.05, 0) is 47.2 Å². The minimum atomic E-state index is 0.860. The molecule has 4 nitrogen and oxygen atoms in total. The second-order valence-corrected chi connectivity index (χ2v) is 5.72. The second kappa shape index (κ2) is 9.44. The molecule has 102 valence electrons. The molecule has 0 aliphatic heterocycles. The van der Waals surface area contributed by atoms with Gasteiger partial charge in [0.1, 0.15) is 22.4 Å². The van der Waals surface area contributed by atoms with E-state index in [-0.39, 0.29) is 0 Å². The molecule has 0 radical (unpaired) electrons. The average molecular weight is 333 g/mol. The normalized spacial score (nSPS) is 10.4. The number of thioether (sulfide) groups is 1. The van der Waals surface area contributed by atoms with Crippen LogP contribution in [0.3, 0.4) is 0 Å². The monoisotopic (exact) mass is 332 g/mol. The standard InChI is InChI=1S/C12H21BrN4S/c1-3-6-14-11-10(13)12(17-9-16-11)15-7-4-5-8-18-2/h9H,3-8H2,1-2H3,(H2,14,15,16,17). The van der Waals surface area contributed by atoms with E-state index in [1.54, 1.807) is 6.33 Å². The van der Waals surface area contributed by atoms with Gasteiger partial charge in [0.05, 0.1) is 0 Å². The smallest absolute Gasteiger partial charge is 0.145 e. The Kier molecular flexibility index (Phi) is 8.17. The van der Waals surface area contributed by atoms with E-state index in [0.717, 1.165) is 42.0 Å². The fourth-order valence-corrected chi connectivity index (χ4v) is 2.42. The highest BCUT2D eigenvalue weighted by atomic mass is 79.9. The third-order valence-electron chi connectivity index (χ3n) is 2.40. The number of aromatic nitrogens is 2. The predicted octanol–water partition coefficient (Wildman–Crippen LogP) is 3.62. The Hall–Kier alpha value is -0.490. The Morgan fingerprint density at radius 3 is 2.44 bits per heavy atom. The predicted molar refractivity (Wildman–Crippen MR) is 84.6 cm³/mol. The largest absolute Gasteiger partial charge is 0.369 e. The van der Waals surface area contributed by atoms with Crippen LogP contribution in [0.15, 0.2) is 10.8 Å². The molecule has 6 heteroatoms. The number of unbranched alkanes of at least 4 members (excludes halogenated alkanes) is 1. The third kappa shape index (κ3) is 5.44. The molecule has 0 unspecified atom stereocenters. The van der Waals surface area contributed by atoms with Gasteiger partial charge in [0.2, 0.25) is 0 Å². The summed E-state index contributed by atoms with van der Waals surface area (Å²) in [6, 6.07) is 0. The zero-order valence-electron chi connectivity index (χ0n) is 11.0. The zero-order valence-corrected chi connectivity index (χ0v) is 13.4. The van der Waals surface area contributed by atoms with Crippen LogP contribution in [-0.4, -0.2) is 35.1 Å². The lowest BCUT2D eigenvalue weighted by molar-refractivity contribution is 0.838. The molecule has 0 aliphatic carbocycles. The summed E-state index contributed by atoms with van der Waals surface area (Å²) >= 11 is 5.43. The van der Waals surface area contributed by atoms with Crippen molar-refractivity contribution in [3.8, 4) is 0 Å². The highest BCUT2D eigenvalue weighted by Crippen LogP contribution is 2.26. The van der Waals surface area contributed by atoms with Crippen LogP contribution in [0.4, 0.5) is 11.6 Å². The number of hydrogen-bond acceptors (Lipinski definition) is 5. The minimum Gasteiger partial charge on any atom is -0.369 e. The van der Waals surface area contributed by atoms with Crippen LogP contribution in [0.1, 0.15) is 26.2 Å². The van der Waals surface area contributed by atoms with Crippen LogP contribution in [0.5, 0.6) is 0 Å². The maximum absolute atomic E-state index is 4.25. The Labute approximate surface area is 122 Å². The van der Waals surface area contributed by atoms with Crippen molar-refractivity contribution in [2.24, 2.45) is 0 Å². The van der Waals surface area contributed by atoms with Gasteiger partial charge in [-0.25, -0.2) is 9.97 Å². The molecule has 1 aromatic rings. The first-order valence-corrected chi connectivity index (χ1v) is 8.45. The number of hydrogen-bond donors (Lipinski definition) is 2. The van der Waals surface area contributed by atoms with Gasteiger partial charge in [-0.15, -0.1) is 0 Å². The van der Waals surface area contributed by atoms with Crippen molar-refractivity contribution in [1.82, 2.24) is 9.97 Å². The highest BCUT2D eigenvalue weighted by Gasteiger charge is 2.07. The van der Waals surface area contributed by atoms with Crippen molar-refractivity contribution in [2.75, 3.05) is 35.7 Å². The van der Waals surface area contributed by atoms with E-state index < -0.39 is 0 Å². The van der Waals surface area contributed by atoms with Gasteiger partial charge in [0.15, 0.2) is 0 Å². The molecule has 1 aromatic heterocycles. The van der Waals surface area contributed by atoms with Gasteiger partial charge >= 0.3 is 0 Å². The van der Waals surface area contributed by atoms with Gasteiger partial charge in [-0.1, -0.05) is 6.92 Å². The topological polar surface area (TPSA) is 49.8 Å². The highest BCUT2D eigenvalue weighted by molar-refractivity contribution is 9.10. The van der Waals surface area contributed by atoms with E-state index >= 15 is 0 Å². The van der Waals surface area contributed by atoms with E-state index in [4.69, 9.17) is 0 Å². The van der Waals surface area contributed by atoms with E-state index in [1.165, 1.54) is 12.2 Å². The third-order valence-corrected chi connectivity index (χ3v) is 3.85. The summed E-state index contributed by atoms with van der Waals surface area (Å²) in [7, 11) is 0. The molecular formula is C12H21BrN4S. The Bertz CT molecular complexity index is 349. The summed E-state index contributed by atoms with van der Waals surface area (Å²) in [6.07, 6.45) is 7.20. The van der Waals surface area contributed by atoms with E-state index in [1.807, 2.05) is 11.8 Å². The molecule has 0 saturated heterocycles. The maximum atomic E-state index is 4.25. The van der Waals surface area contributed by atoms with Crippen molar-refractivity contribution in [3.63, 3.8) is 0 Å². The number of nitrogens with one attached hydrogen (secondary N) is 2. The summed E-state index contributed by atoms with van der Waals surface area (Å²) in [5.74, 6) is 2.95. The van der Waals surface area contributed by atoms with Crippen LogP contribution >= 0.6 is 27.7 Å². The zero-order chi connectivity index (χ0) is 13.2. The number of rotatable bonds is 9. The number of halogens is 1. The molecule has 0 atom stereocenters. The lowest BCUT2D eigenvalue weighted by Gasteiger charge is -2.11. The molecule has 0 saturated carbocycles. The quantitative estimate of drug-likeness (QED) is 0.676. The molecule has 1 rings (SSSR count). The SMILES string of the molecule is CCCNc1ncnc(NCCCCSC)c1Br. The fraction of sp³-hybridized carbons (Fsp3) is 0.667. The molecule has 0 aromatic carbocycles. The summed E-state index contributed by atoms with van der Waals surface area (Å²) in [4.78, 5) is 8.47. The van der Waals surface area contributed by atoms with Crippen molar-refractivity contribution in [2.45, 2.75) is 26.2 Å². The Morgan fingerprint density at radius 1 is 1.17 bits per heavy atom. The van der Waals surface area contributed by atoms with Crippen LogP contribution in [-0.2, 0) is 0 Å². The molecule has 2 N–H and O–H groups in total. The Balaban J connectivity index is 2.44. The molecule has 0 amide bonds. The summed E-state index contributed by atoms with van der Waals surface area (Å²) < 4.78 is 0.920.